The van der Waals surface area contributed by atoms with E-state index in [-0.39, 0.29) is 24.0 Å². The minimum absolute atomic E-state index is 0. The summed E-state index contributed by atoms with van der Waals surface area (Å²) in [6, 6.07) is 31.2. The SMILES string of the molecule is I.N[P+](c1ccccc1)(c1ccccc1)c1ccccc1. The molecular formula is C18H18INP+. The Morgan fingerprint density at radius 2 is 0.714 bits per heavy atom. The minimum Gasteiger partial charge on any atom is -0.191 e. The summed E-state index contributed by atoms with van der Waals surface area (Å²) in [5, 5.41) is 3.62. The molecule has 3 aromatic rings. The van der Waals surface area contributed by atoms with E-state index in [0.29, 0.717) is 0 Å². The Balaban J connectivity index is 0.00000161. The minimum atomic E-state index is -2.03. The molecule has 0 atom stereocenters. The normalized spacial score (nSPS) is 10.7. The molecule has 2 N–H and O–H groups in total. The Morgan fingerprint density at radius 3 is 0.952 bits per heavy atom. The van der Waals surface area contributed by atoms with Crippen LogP contribution in [0.25, 0.3) is 0 Å². The molecule has 3 rings (SSSR count). The first-order valence-electron chi connectivity index (χ1n) is 6.66. The van der Waals surface area contributed by atoms with Crippen LogP contribution >= 0.6 is 31.4 Å². The van der Waals surface area contributed by atoms with Crippen molar-refractivity contribution >= 4 is 47.3 Å². The molecule has 106 valence electrons. The molecule has 0 amide bonds. The average Bonchev–Trinajstić information content (AvgIpc) is 2.56. The standard InChI is InChI=1S/C18H17NP.HI/c19-20(16-10-4-1-5-11-16,17-12-6-2-7-13-17)18-14-8-3-9-15-18;/h1-15H,19H2;1H/q+1;. The van der Waals surface area contributed by atoms with Gasteiger partial charge in [-0.15, -0.1) is 24.0 Å². The predicted octanol–water partition coefficient (Wildman–Crippen LogP) is 3.47. The van der Waals surface area contributed by atoms with Crippen LogP contribution in [0.4, 0.5) is 0 Å². The lowest BCUT2D eigenvalue weighted by atomic mass is 10.4. The predicted molar refractivity (Wildman–Crippen MR) is 105 cm³/mol. The van der Waals surface area contributed by atoms with Gasteiger partial charge in [0.2, 0.25) is 0 Å². The molecule has 0 unspecified atom stereocenters. The van der Waals surface area contributed by atoms with Crippen LogP contribution in [-0.2, 0) is 0 Å². The van der Waals surface area contributed by atoms with Crippen LogP contribution < -0.4 is 21.4 Å². The molecule has 0 fully saturated rings. The maximum Gasteiger partial charge on any atom is 0.175 e. The van der Waals surface area contributed by atoms with E-state index in [1.54, 1.807) is 0 Å². The summed E-state index contributed by atoms with van der Waals surface area (Å²) in [6.45, 7) is 0. The number of hydrogen-bond acceptors (Lipinski definition) is 1. The highest BCUT2D eigenvalue weighted by atomic mass is 127. The van der Waals surface area contributed by atoms with E-state index in [9.17, 15) is 0 Å². The number of halogens is 1. The molecule has 0 aromatic heterocycles. The molecule has 1 nitrogen and oxygen atoms in total. The van der Waals surface area contributed by atoms with Crippen LogP contribution in [0.15, 0.2) is 91.0 Å². The fourth-order valence-corrected chi connectivity index (χ4v) is 5.26. The second kappa shape index (κ2) is 7.17. The number of hydrogen-bond donors (Lipinski definition) is 1. The third-order valence-corrected chi connectivity index (χ3v) is 6.83. The smallest absolute Gasteiger partial charge is 0.175 e. The molecule has 0 bridgehead atoms. The van der Waals surface area contributed by atoms with Crippen LogP contribution in [0.1, 0.15) is 0 Å². The quantitative estimate of drug-likeness (QED) is 0.523. The van der Waals surface area contributed by atoms with Crippen molar-refractivity contribution in [2.24, 2.45) is 5.50 Å². The Labute approximate surface area is 143 Å². The molecule has 3 aromatic carbocycles. The highest BCUT2D eigenvalue weighted by molar-refractivity contribution is 14.0. The van der Waals surface area contributed by atoms with Gasteiger partial charge in [-0.25, -0.2) is 0 Å². The van der Waals surface area contributed by atoms with Gasteiger partial charge in [0, 0.05) is 0 Å². The van der Waals surface area contributed by atoms with Gasteiger partial charge in [-0.2, -0.15) is 5.50 Å². The van der Waals surface area contributed by atoms with Crippen molar-refractivity contribution in [3.63, 3.8) is 0 Å². The lowest BCUT2D eigenvalue weighted by Gasteiger charge is -2.21. The Hall–Kier alpha value is -1.22. The molecular weight excluding hydrogens is 388 g/mol. The van der Waals surface area contributed by atoms with Crippen LogP contribution in [0.5, 0.6) is 0 Å². The summed E-state index contributed by atoms with van der Waals surface area (Å²) >= 11 is 0. The van der Waals surface area contributed by atoms with Gasteiger partial charge in [-0.1, -0.05) is 54.6 Å². The summed E-state index contributed by atoms with van der Waals surface area (Å²) in [5.74, 6) is 0. The monoisotopic (exact) mass is 406 g/mol. The maximum atomic E-state index is 6.97. The van der Waals surface area contributed by atoms with E-state index < -0.39 is 7.41 Å². The van der Waals surface area contributed by atoms with E-state index in [1.165, 1.54) is 15.9 Å². The number of rotatable bonds is 3. The van der Waals surface area contributed by atoms with Gasteiger partial charge in [0.25, 0.3) is 0 Å². The van der Waals surface area contributed by atoms with Crippen molar-refractivity contribution in [3.8, 4) is 0 Å². The fourth-order valence-electron chi connectivity index (χ4n) is 2.44. The van der Waals surface area contributed by atoms with E-state index in [2.05, 4.69) is 72.8 Å². The van der Waals surface area contributed by atoms with Crippen LogP contribution in [0, 0.1) is 0 Å². The van der Waals surface area contributed by atoms with Crippen LogP contribution in [0.2, 0.25) is 0 Å². The second-order valence-corrected chi connectivity index (χ2v) is 7.72. The largest absolute Gasteiger partial charge is 0.191 e. The van der Waals surface area contributed by atoms with Crippen molar-refractivity contribution < 1.29 is 0 Å². The first kappa shape index (κ1) is 16.2. The van der Waals surface area contributed by atoms with E-state index in [1.807, 2.05) is 18.2 Å². The van der Waals surface area contributed by atoms with Gasteiger partial charge in [0.05, 0.1) is 0 Å². The molecule has 0 heterocycles. The molecule has 3 heteroatoms. The topological polar surface area (TPSA) is 26.0 Å². The second-order valence-electron chi connectivity index (χ2n) is 4.73. The molecule has 0 aliphatic carbocycles. The molecule has 0 aliphatic heterocycles. The van der Waals surface area contributed by atoms with Gasteiger partial charge in [-0.3, -0.25) is 0 Å². The van der Waals surface area contributed by atoms with Crippen LogP contribution in [0.3, 0.4) is 0 Å². The zero-order chi connectivity index (χ0) is 13.8. The van der Waals surface area contributed by atoms with Crippen molar-refractivity contribution in [1.82, 2.24) is 0 Å². The molecule has 0 aliphatic rings. The zero-order valence-electron chi connectivity index (χ0n) is 11.6. The first-order valence-corrected chi connectivity index (χ1v) is 8.52. The Morgan fingerprint density at radius 1 is 0.476 bits per heavy atom. The van der Waals surface area contributed by atoms with Gasteiger partial charge < -0.3 is 0 Å². The van der Waals surface area contributed by atoms with Crippen molar-refractivity contribution in [1.29, 1.82) is 0 Å². The van der Waals surface area contributed by atoms with Gasteiger partial charge in [-0.05, 0) is 36.4 Å². The van der Waals surface area contributed by atoms with Crippen molar-refractivity contribution in [2.45, 2.75) is 0 Å². The van der Waals surface area contributed by atoms with E-state index in [4.69, 9.17) is 5.50 Å². The molecule has 0 spiro atoms. The van der Waals surface area contributed by atoms with Gasteiger partial charge >= 0.3 is 0 Å². The summed E-state index contributed by atoms with van der Waals surface area (Å²) in [4.78, 5) is 0. The van der Waals surface area contributed by atoms with Crippen molar-refractivity contribution in [2.75, 3.05) is 0 Å². The number of benzene rings is 3. The van der Waals surface area contributed by atoms with Gasteiger partial charge in [0.1, 0.15) is 15.9 Å². The third kappa shape index (κ3) is 3.18. The number of nitrogens with two attached hydrogens (primary N) is 1. The van der Waals surface area contributed by atoms with Crippen molar-refractivity contribution in [3.05, 3.63) is 91.0 Å². The summed E-state index contributed by atoms with van der Waals surface area (Å²) < 4.78 is 0. The Kier molecular flexibility index (Phi) is 5.51. The molecule has 21 heavy (non-hydrogen) atoms. The first-order chi connectivity index (χ1) is 9.82. The summed E-state index contributed by atoms with van der Waals surface area (Å²) in [6.07, 6.45) is 0. The third-order valence-electron chi connectivity index (χ3n) is 3.49. The molecule has 0 saturated heterocycles. The molecule has 0 radical (unpaired) electrons. The van der Waals surface area contributed by atoms with Crippen LogP contribution in [-0.4, -0.2) is 0 Å². The lowest BCUT2D eigenvalue weighted by Crippen LogP contribution is -2.36. The Bertz CT molecular complexity index is 575. The highest BCUT2D eigenvalue weighted by Gasteiger charge is 2.41. The highest BCUT2D eigenvalue weighted by Crippen LogP contribution is 2.46. The lowest BCUT2D eigenvalue weighted by molar-refractivity contribution is 1.69. The van der Waals surface area contributed by atoms with Gasteiger partial charge in [0.15, 0.2) is 7.41 Å². The fraction of sp³-hybridized carbons (Fsp3) is 0. The van der Waals surface area contributed by atoms with E-state index in [0.717, 1.165) is 0 Å². The summed E-state index contributed by atoms with van der Waals surface area (Å²) in [7, 11) is -2.03. The maximum absolute atomic E-state index is 6.97. The van der Waals surface area contributed by atoms with E-state index >= 15 is 0 Å². The molecule has 0 saturated carbocycles. The zero-order valence-corrected chi connectivity index (χ0v) is 14.8. The summed E-state index contributed by atoms with van der Waals surface area (Å²) in [5.41, 5.74) is 6.97. The average molecular weight is 406 g/mol.